The molecule has 0 N–H and O–H groups in total. The van der Waals surface area contributed by atoms with Crippen LogP contribution >= 0.6 is 23.5 Å². The quantitative estimate of drug-likeness (QED) is 0.546. The Morgan fingerprint density at radius 3 is 1.89 bits per heavy atom. The molecule has 1 heterocycles. The number of aromatic nitrogens is 1. The van der Waals surface area contributed by atoms with Gasteiger partial charge < -0.3 is 0 Å². The van der Waals surface area contributed by atoms with Gasteiger partial charge in [-0.05, 0) is 30.7 Å². The van der Waals surface area contributed by atoms with Crippen LogP contribution < -0.4 is 0 Å². The van der Waals surface area contributed by atoms with Gasteiger partial charge in [-0.25, -0.2) is 9.98 Å². The number of allylic oxidation sites excluding steroid dienone is 2. The molecule has 0 atom stereocenters. The average molecular weight is 277 g/mol. The molecular weight excluding hydrogens is 262 g/mol. The molecule has 1 rings (SSSR count). The van der Waals surface area contributed by atoms with Crippen LogP contribution in [0.1, 0.15) is 13.8 Å². The van der Waals surface area contributed by atoms with E-state index in [0.29, 0.717) is 0 Å². The summed E-state index contributed by atoms with van der Waals surface area (Å²) in [6, 6.07) is 1.90. The summed E-state index contributed by atoms with van der Waals surface area (Å²) in [5, 5.41) is 3.93. The van der Waals surface area contributed by atoms with Gasteiger partial charge in [0.25, 0.3) is 0 Å². The van der Waals surface area contributed by atoms with Gasteiger partial charge >= 0.3 is 0 Å². The summed E-state index contributed by atoms with van der Waals surface area (Å²) in [5.41, 5.74) is 5.16. The maximum absolute atomic E-state index is 4.28. The van der Waals surface area contributed by atoms with Gasteiger partial charge in [-0.1, -0.05) is 35.7 Å². The molecule has 0 aliphatic heterocycles. The first kappa shape index (κ1) is 14.7. The number of nitrogens with zero attached hydrogens (tertiary/aromatic N) is 3. The van der Waals surface area contributed by atoms with E-state index in [-0.39, 0.29) is 0 Å². The largest absolute Gasteiger partial charge is 0.260 e. The summed E-state index contributed by atoms with van der Waals surface area (Å²) in [6.45, 7) is 3.94. The molecule has 1 aromatic rings. The normalized spacial score (nSPS) is 12.6. The molecule has 1 aromatic heterocycles. The fraction of sp³-hybridized carbons (Fsp3) is 0.154. The Bertz CT molecular complexity index is 426. The third-order valence-electron chi connectivity index (χ3n) is 1.66. The zero-order chi connectivity index (χ0) is 13.1. The van der Waals surface area contributed by atoms with Crippen molar-refractivity contribution < 1.29 is 0 Å². The lowest BCUT2D eigenvalue weighted by Gasteiger charge is -1.94. The summed E-state index contributed by atoms with van der Waals surface area (Å²) in [4.78, 5) is 12.7. The van der Waals surface area contributed by atoms with Crippen molar-refractivity contribution in [3.63, 3.8) is 0 Å². The summed E-state index contributed by atoms with van der Waals surface area (Å²) >= 11 is 3.05. The Kier molecular flexibility index (Phi) is 7.92. The first-order chi connectivity index (χ1) is 8.86. The summed E-state index contributed by atoms with van der Waals surface area (Å²) in [7, 11) is 0. The molecular formula is C13H15N3S2. The molecule has 3 nitrogen and oxygen atoms in total. The second-order valence-corrected chi connectivity index (χ2v) is 4.59. The summed E-state index contributed by atoms with van der Waals surface area (Å²) in [6.07, 6.45) is 7.36. The highest BCUT2D eigenvalue weighted by Gasteiger charge is 1.92. The van der Waals surface area contributed by atoms with Crippen LogP contribution in [0.15, 0.2) is 51.4 Å². The first-order valence-electron chi connectivity index (χ1n) is 5.40. The van der Waals surface area contributed by atoms with Gasteiger partial charge in [-0.3, -0.25) is 4.98 Å². The lowest BCUT2D eigenvalue weighted by Crippen LogP contribution is -1.72. The molecule has 0 bridgehead atoms. The Hall–Kier alpha value is -1.33. The van der Waals surface area contributed by atoms with Crippen molar-refractivity contribution in [2.75, 3.05) is 0 Å². The molecule has 0 saturated heterocycles. The maximum atomic E-state index is 4.28. The van der Waals surface area contributed by atoms with E-state index in [4.69, 9.17) is 0 Å². The number of thioether (sulfide) groups is 2. The standard InChI is InChI=1S/C13H15N3S2/c1-3-5-17-10-15-12-7-13(9-14-8-12)16-11-18-6-4-2/h3-11H,1-2H3/b5-3-,6-4-,15-10?,16-11?. The molecule has 0 amide bonds. The Balaban J connectivity index is 2.61. The maximum Gasteiger partial charge on any atom is 0.0840 e. The Labute approximate surface area is 116 Å². The van der Waals surface area contributed by atoms with Crippen LogP contribution in [0.2, 0.25) is 0 Å². The first-order valence-corrected chi connectivity index (χ1v) is 7.28. The molecule has 0 saturated carbocycles. The summed E-state index contributed by atoms with van der Waals surface area (Å²) < 4.78 is 0. The lowest BCUT2D eigenvalue weighted by atomic mass is 10.4. The third-order valence-corrected chi connectivity index (χ3v) is 2.98. The number of aliphatic imine (C=N–C) groups is 2. The van der Waals surface area contributed by atoms with Crippen LogP contribution in [0.4, 0.5) is 11.4 Å². The summed E-state index contributed by atoms with van der Waals surface area (Å²) in [5.74, 6) is 0. The van der Waals surface area contributed by atoms with Crippen LogP contribution in [0, 0.1) is 0 Å². The predicted octanol–water partition coefficient (Wildman–Crippen LogP) is 4.93. The van der Waals surface area contributed by atoms with Crippen molar-refractivity contribution in [3.8, 4) is 0 Å². The van der Waals surface area contributed by atoms with Crippen molar-refractivity contribution in [2.24, 2.45) is 9.98 Å². The molecule has 0 aromatic carbocycles. The van der Waals surface area contributed by atoms with Gasteiger partial charge in [0.05, 0.1) is 34.9 Å². The van der Waals surface area contributed by atoms with Crippen LogP contribution in [0.5, 0.6) is 0 Å². The Morgan fingerprint density at radius 1 is 0.944 bits per heavy atom. The Morgan fingerprint density at radius 2 is 1.44 bits per heavy atom. The van der Waals surface area contributed by atoms with Crippen LogP contribution in [-0.4, -0.2) is 16.1 Å². The van der Waals surface area contributed by atoms with Crippen molar-refractivity contribution in [1.82, 2.24) is 4.98 Å². The van der Waals surface area contributed by atoms with Crippen molar-refractivity contribution >= 4 is 46.0 Å². The van der Waals surface area contributed by atoms with Crippen molar-refractivity contribution in [3.05, 3.63) is 41.4 Å². The highest BCUT2D eigenvalue weighted by molar-refractivity contribution is 8.14. The number of pyridine rings is 1. The van der Waals surface area contributed by atoms with E-state index in [1.54, 1.807) is 23.5 Å². The van der Waals surface area contributed by atoms with Gasteiger partial charge in [0, 0.05) is 0 Å². The lowest BCUT2D eigenvalue weighted by molar-refractivity contribution is 1.29. The fourth-order valence-corrected chi connectivity index (χ4v) is 1.79. The van der Waals surface area contributed by atoms with E-state index in [2.05, 4.69) is 15.0 Å². The second-order valence-electron chi connectivity index (χ2n) is 3.08. The predicted molar refractivity (Wildman–Crippen MR) is 85.4 cm³/mol. The van der Waals surface area contributed by atoms with Gasteiger partial charge in [0.1, 0.15) is 0 Å². The third kappa shape index (κ3) is 6.42. The number of hydrogen-bond donors (Lipinski definition) is 0. The van der Waals surface area contributed by atoms with Crippen molar-refractivity contribution in [2.45, 2.75) is 13.8 Å². The molecule has 0 unspecified atom stereocenters. The zero-order valence-corrected chi connectivity index (χ0v) is 12.0. The molecule has 5 heteroatoms. The SMILES string of the molecule is C/C=C\SC=Nc1cncc(N=CS/C=C\C)c1. The van der Waals surface area contributed by atoms with Gasteiger partial charge in [-0.2, -0.15) is 0 Å². The second kappa shape index (κ2) is 9.67. The minimum absolute atomic E-state index is 0.803. The smallest absolute Gasteiger partial charge is 0.0840 e. The molecule has 0 aliphatic carbocycles. The highest BCUT2D eigenvalue weighted by Crippen LogP contribution is 2.19. The van der Waals surface area contributed by atoms with E-state index >= 15 is 0 Å². The minimum atomic E-state index is 0.803. The zero-order valence-electron chi connectivity index (χ0n) is 10.4. The highest BCUT2D eigenvalue weighted by atomic mass is 32.2. The van der Waals surface area contributed by atoms with E-state index in [1.807, 2.05) is 42.9 Å². The average Bonchev–Trinajstić information content (AvgIpc) is 2.40. The van der Waals surface area contributed by atoms with Gasteiger partial charge in [0.2, 0.25) is 0 Å². The number of rotatable bonds is 6. The van der Waals surface area contributed by atoms with Crippen LogP contribution in [0.3, 0.4) is 0 Å². The van der Waals surface area contributed by atoms with Crippen molar-refractivity contribution in [1.29, 1.82) is 0 Å². The van der Waals surface area contributed by atoms with E-state index in [0.717, 1.165) is 11.4 Å². The van der Waals surface area contributed by atoms with Gasteiger partial charge in [0.15, 0.2) is 0 Å². The number of hydrogen-bond acceptors (Lipinski definition) is 5. The van der Waals surface area contributed by atoms with E-state index in [1.165, 1.54) is 23.5 Å². The minimum Gasteiger partial charge on any atom is -0.260 e. The van der Waals surface area contributed by atoms with E-state index < -0.39 is 0 Å². The molecule has 0 fully saturated rings. The van der Waals surface area contributed by atoms with Gasteiger partial charge in [-0.15, -0.1) is 0 Å². The van der Waals surface area contributed by atoms with E-state index in [9.17, 15) is 0 Å². The molecule has 0 aliphatic rings. The molecule has 0 spiro atoms. The molecule has 0 radical (unpaired) electrons. The van der Waals surface area contributed by atoms with Crippen LogP contribution in [0.25, 0.3) is 0 Å². The molecule has 18 heavy (non-hydrogen) atoms. The molecule has 94 valence electrons. The van der Waals surface area contributed by atoms with Crippen LogP contribution in [-0.2, 0) is 0 Å². The topological polar surface area (TPSA) is 37.6 Å². The fourth-order valence-electron chi connectivity index (χ4n) is 0.967. The monoisotopic (exact) mass is 277 g/mol.